The SMILES string of the molecule is CC(C)(C)OC(=O)NCC1CCN(C(=O)c2cc(-c3ccncc3)n3ncnc(N)c23)CC1. The molecule has 4 rings (SSSR count). The van der Waals surface area contributed by atoms with Gasteiger partial charge in [0.1, 0.15) is 17.4 Å². The summed E-state index contributed by atoms with van der Waals surface area (Å²) in [4.78, 5) is 35.3. The average molecular weight is 452 g/mol. The number of carbonyl (C=O) groups is 2. The van der Waals surface area contributed by atoms with Gasteiger partial charge in [-0.15, -0.1) is 0 Å². The Hall–Kier alpha value is -3.69. The number of alkyl carbamates (subject to hydrolysis) is 1. The minimum atomic E-state index is -0.527. The van der Waals surface area contributed by atoms with Crippen LogP contribution in [0, 0.1) is 5.92 Å². The van der Waals surface area contributed by atoms with Gasteiger partial charge < -0.3 is 20.7 Å². The predicted molar refractivity (Wildman–Crippen MR) is 123 cm³/mol. The highest BCUT2D eigenvalue weighted by atomic mass is 16.6. The molecule has 0 spiro atoms. The van der Waals surface area contributed by atoms with Gasteiger partial charge in [0.25, 0.3) is 5.91 Å². The lowest BCUT2D eigenvalue weighted by Crippen LogP contribution is -2.42. The van der Waals surface area contributed by atoms with Crippen LogP contribution in [0.1, 0.15) is 44.0 Å². The lowest BCUT2D eigenvalue weighted by atomic mass is 9.96. The van der Waals surface area contributed by atoms with Gasteiger partial charge in [0.05, 0.1) is 11.3 Å². The van der Waals surface area contributed by atoms with Crippen molar-refractivity contribution in [3.8, 4) is 11.3 Å². The van der Waals surface area contributed by atoms with Gasteiger partial charge in [-0.25, -0.2) is 14.3 Å². The molecule has 1 aliphatic rings. The molecule has 0 atom stereocenters. The third-order valence-corrected chi connectivity index (χ3v) is 5.62. The Morgan fingerprint density at radius 1 is 1.21 bits per heavy atom. The zero-order chi connectivity index (χ0) is 23.6. The van der Waals surface area contributed by atoms with E-state index in [1.807, 2.05) is 43.9 Å². The number of nitrogen functional groups attached to an aromatic ring is 1. The number of amides is 2. The molecule has 0 saturated carbocycles. The molecule has 3 aromatic heterocycles. The molecule has 0 aliphatic carbocycles. The number of piperidine rings is 1. The van der Waals surface area contributed by atoms with Crippen LogP contribution in [0.25, 0.3) is 16.8 Å². The third kappa shape index (κ3) is 5.05. The van der Waals surface area contributed by atoms with Crippen molar-refractivity contribution in [2.75, 3.05) is 25.4 Å². The molecular formula is C23H29N7O3. The second kappa shape index (κ2) is 9.05. The number of nitrogens with two attached hydrogens (primary N) is 1. The van der Waals surface area contributed by atoms with Crippen molar-refractivity contribution in [2.45, 2.75) is 39.2 Å². The van der Waals surface area contributed by atoms with Crippen LogP contribution in [-0.4, -0.2) is 61.7 Å². The Balaban J connectivity index is 1.46. The summed E-state index contributed by atoms with van der Waals surface area (Å²) >= 11 is 0. The first-order chi connectivity index (χ1) is 15.7. The van der Waals surface area contributed by atoms with Gasteiger partial charge in [-0.3, -0.25) is 9.78 Å². The van der Waals surface area contributed by atoms with Crippen LogP contribution >= 0.6 is 0 Å². The van der Waals surface area contributed by atoms with Crippen LogP contribution in [-0.2, 0) is 4.74 Å². The minimum absolute atomic E-state index is 0.104. The van der Waals surface area contributed by atoms with Gasteiger partial charge in [-0.05, 0) is 57.7 Å². The van der Waals surface area contributed by atoms with Gasteiger partial charge in [0.2, 0.25) is 0 Å². The number of nitrogens with zero attached hydrogens (tertiary/aromatic N) is 5. The molecule has 1 fully saturated rings. The Morgan fingerprint density at radius 3 is 2.58 bits per heavy atom. The molecule has 3 N–H and O–H groups in total. The van der Waals surface area contributed by atoms with Crippen LogP contribution < -0.4 is 11.1 Å². The first kappa shape index (κ1) is 22.5. The van der Waals surface area contributed by atoms with Crippen molar-refractivity contribution in [1.82, 2.24) is 29.8 Å². The number of nitrogens with one attached hydrogen (secondary N) is 1. The van der Waals surface area contributed by atoms with Gasteiger partial charge in [0.15, 0.2) is 5.82 Å². The van der Waals surface area contributed by atoms with Crippen molar-refractivity contribution in [1.29, 1.82) is 0 Å². The largest absolute Gasteiger partial charge is 0.444 e. The zero-order valence-corrected chi connectivity index (χ0v) is 19.1. The number of ether oxygens (including phenoxy) is 1. The molecule has 0 unspecified atom stereocenters. The number of hydrogen-bond donors (Lipinski definition) is 2. The molecule has 3 aromatic rings. The summed E-state index contributed by atoms with van der Waals surface area (Å²) < 4.78 is 6.95. The third-order valence-electron chi connectivity index (χ3n) is 5.62. The van der Waals surface area contributed by atoms with Crippen molar-refractivity contribution >= 4 is 23.3 Å². The fourth-order valence-corrected chi connectivity index (χ4v) is 4.01. The average Bonchev–Trinajstić information content (AvgIpc) is 3.18. The summed E-state index contributed by atoms with van der Waals surface area (Å²) in [6.07, 6.45) is 5.92. The Bertz CT molecular complexity index is 1150. The zero-order valence-electron chi connectivity index (χ0n) is 19.1. The van der Waals surface area contributed by atoms with E-state index < -0.39 is 11.7 Å². The molecule has 1 aliphatic heterocycles. The maximum Gasteiger partial charge on any atom is 0.407 e. The maximum absolute atomic E-state index is 13.4. The molecule has 174 valence electrons. The molecule has 10 heteroatoms. The normalized spacial score (nSPS) is 14.9. The smallest absolute Gasteiger partial charge is 0.407 e. The molecule has 0 radical (unpaired) electrons. The van der Waals surface area contributed by atoms with Crippen LogP contribution in [0.3, 0.4) is 0 Å². The predicted octanol–water partition coefficient (Wildman–Crippen LogP) is 2.75. The standard InChI is InChI=1S/C23H29N7O3/c1-23(2,3)33-22(32)26-13-15-6-10-29(11-7-15)21(31)17-12-18(16-4-8-25-9-5-16)30-19(17)20(24)27-14-28-30/h4-5,8-9,12,14-15H,6-7,10-11,13H2,1-3H3,(H,26,32)(H2,24,27,28). The summed E-state index contributed by atoms with van der Waals surface area (Å²) in [5.74, 6) is 0.436. The van der Waals surface area contributed by atoms with Gasteiger partial charge in [0, 0.05) is 37.6 Å². The number of anilines is 1. The Morgan fingerprint density at radius 2 is 1.91 bits per heavy atom. The van der Waals surface area contributed by atoms with E-state index in [-0.39, 0.29) is 17.6 Å². The second-order valence-electron chi connectivity index (χ2n) is 9.20. The van der Waals surface area contributed by atoms with Gasteiger partial charge >= 0.3 is 6.09 Å². The van der Waals surface area contributed by atoms with E-state index in [2.05, 4.69) is 20.4 Å². The Labute approximate surface area is 192 Å². The fourth-order valence-electron chi connectivity index (χ4n) is 4.01. The van der Waals surface area contributed by atoms with Crippen molar-refractivity contribution in [3.63, 3.8) is 0 Å². The summed E-state index contributed by atoms with van der Waals surface area (Å²) in [5, 5.41) is 7.16. The van der Waals surface area contributed by atoms with Crippen LogP contribution in [0.4, 0.5) is 10.6 Å². The highest BCUT2D eigenvalue weighted by molar-refractivity contribution is 6.05. The van der Waals surface area contributed by atoms with E-state index in [1.165, 1.54) is 6.33 Å². The maximum atomic E-state index is 13.4. The number of carbonyl (C=O) groups excluding carboxylic acids is 2. The topological polar surface area (TPSA) is 128 Å². The number of rotatable bonds is 4. The number of likely N-dealkylation sites (tertiary alicyclic amines) is 1. The van der Waals surface area contributed by atoms with Crippen LogP contribution in [0.15, 0.2) is 36.9 Å². The number of aromatic nitrogens is 4. The molecular weight excluding hydrogens is 422 g/mol. The first-order valence-corrected chi connectivity index (χ1v) is 11.0. The molecule has 4 heterocycles. The molecule has 0 aromatic carbocycles. The summed E-state index contributed by atoms with van der Waals surface area (Å²) in [6.45, 7) is 7.21. The fraction of sp³-hybridized carbons (Fsp3) is 0.435. The monoisotopic (exact) mass is 451 g/mol. The lowest BCUT2D eigenvalue weighted by molar-refractivity contribution is 0.0500. The van der Waals surface area contributed by atoms with E-state index in [9.17, 15) is 9.59 Å². The number of fused-ring (bicyclic) bond motifs is 1. The van der Waals surface area contributed by atoms with E-state index in [0.717, 1.165) is 24.1 Å². The van der Waals surface area contributed by atoms with Gasteiger partial charge in [-0.1, -0.05) is 0 Å². The molecule has 0 bridgehead atoms. The van der Waals surface area contributed by atoms with E-state index >= 15 is 0 Å². The summed E-state index contributed by atoms with van der Waals surface area (Å²) in [5.41, 5.74) is 8.23. The minimum Gasteiger partial charge on any atom is -0.444 e. The van der Waals surface area contributed by atoms with Crippen molar-refractivity contribution in [2.24, 2.45) is 5.92 Å². The molecule has 33 heavy (non-hydrogen) atoms. The van der Waals surface area contributed by atoms with E-state index in [1.54, 1.807) is 16.9 Å². The van der Waals surface area contributed by atoms with Crippen molar-refractivity contribution < 1.29 is 14.3 Å². The second-order valence-corrected chi connectivity index (χ2v) is 9.20. The van der Waals surface area contributed by atoms with Gasteiger partial charge in [-0.2, -0.15) is 5.10 Å². The highest BCUT2D eigenvalue weighted by Gasteiger charge is 2.28. The summed E-state index contributed by atoms with van der Waals surface area (Å²) in [7, 11) is 0. The number of pyridine rings is 1. The van der Waals surface area contributed by atoms with E-state index in [4.69, 9.17) is 10.5 Å². The quantitative estimate of drug-likeness (QED) is 0.624. The molecule has 2 amide bonds. The molecule has 10 nitrogen and oxygen atoms in total. The van der Waals surface area contributed by atoms with E-state index in [0.29, 0.717) is 30.7 Å². The number of hydrogen-bond acceptors (Lipinski definition) is 7. The molecule has 1 saturated heterocycles. The first-order valence-electron chi connectivity index (χ1n) is 11.0. The Kier molecular flexibility index (Phi) is 6.17. The van der Waals surface area contributed by atoms with Crippen LogP contribution in [0.5, 0.6) is 0 Å². The highest BCUT2D eigenvalue weighted by Crippen LogP contribution is 2.29. The van der Waals surface area contributed by atoms with Crippen LogP contribution in [0.2, 0.25) is 0 Å². The van der Waals surface area contributed by atoms with Crippen molar-refractivity contribution in [3.05, 3.63) is 42.5 Å². The lowest BCUT2D eigenvalue weighted by Gasteiger charge is -2.32. The summed E-state index contributed by atoms with van der Waals surface area (Å²) in [6, 6.07) is 5.53.